The average Bonchev–Trinajstić information content (AvgIpc) is 3.77. The van der Waals surface area contributed by atoms with Crippen molar-refractivity contribution < 1.29 is 0 Å². The number of aromatic nitrogens is 4. The number of unbranched alkanes of at least 4 members (excludes halogenated alkanes) is 1. The second kappa shape index (κ2) is 13.5. The highest BCUT2D eigenvalue weighted by atomic mass is 32.1. The Bertz CT molecular complexity index is 2960. The average molecular weight is 713 g/mol. The van der Waals surface area contributed by atoms with Crippen molar-refractivity contribution in [3.63, 3.8) is 0 Å². The van der Waals surface area contributed by atoms with Crippen molar-refractivity contribution >= 4 is 53.3 Å². The predicted molar refractivity (Wildman–Crippen MR) is 227 cm³/mol. The zero-order chi connectivity index (χ0) is 36.0. The van der Waals surface area contributed by atoms with Crippen molar-refractivity contribution in [2.24, 2.45) is 0 Å². The van der Waals surface area contributed by atoms with E-state index in [4.69, 9.17) is 15.0 Å². The van der Waals surface area contributed by atoms with Crippen molar-refractivity contribution in [1.82, 2.24) is 19.5 Å². The number of aryl methyl sites for hydroxylation is 1. The lowest BCUT2D eigenvalue weighted by molar-refractivity contribution is 0.795. The maximum atomic E-state index is 5.14. The molecule has 0 saturated carbocycles. The van der Waals surface area contributed by atoms with E-state index in [0.717, 1.165) is 34.4 Å². The van der Waals surface area contributed by atoms with Crippen molar-refractivity contribution in [1.29, 1.82) is 0 Å². The molecule has 0 amide bonds. The summed E-state index contributed by atoms with van der Waals surface area (Å²) in [5.74, 6) is 1.96. The van der Waals surface area contributed by atoms with E-state index >= 15 is 0 Å². The first-order chi connectivity index (χ1) is 26.7. The summed E-state index contributed by atoms with van der Waals surface area (Å²) in [7, 11) is 0. The highest BCUT2D eigenvalue weighted by Crippen LogP contribution is 2.41. The molecule has 10 aromatic rings. The second-order valence-electron chi connectivity index (χ2n) is 13.9. The Morgan fingerprint density at radius 3 is 1.81 bits per heavy atom. The van der Waals surface area contributed by atoms with Crippen LogP contribution in [0.4, 0.5) is 0 Å². The number of hydrogen-bond acceptors (Lipinski definition) is 4. The molecule has 0 unspecified atom stereocenters. The van der Waals surface area contributed by atoms with Gasteiger partial charge >= 0.3 is 0 Å². The number of benzene rings is 7. The summed E-state index contributed by atoms with van der Waals surface area (Å²) in [6.45, 7) is 2.23. The van der Waals surface area contributed by atoms with E-state index < -0.39 is 0 Å². The van der Waals surface area contributed by atoms with Gasteiger partial charge in [0.1, 0.15) is 0 Å². The minimum atomic E-state index is 0.645. The lowest BCUT2D eigenvalue weighted by Gasteiger charge is -2.12. The van der Waals surface area contributed by atoms with Crippen molar-refractivity contribution in [2.45, 2.75) is 26.2 Å². The van der Waals surface area contributed by atoms with Crippen molar-refractivity contribution in [2.75, 3.05) is 0 Å². The number of thiophene rings is 1. The van der Waals surface area contributed by atoms with E-state index in [-0.39, 0.29) is 0 Å². The van der Waals surface area contributed by atoms with Gasteiger partial charge in [0.25, 0.3) is 0 Å². The van der Waals surface area contributed by atoms with E-state index in [2.05, 4.69) is 169 Å². The Balaban J connectivity index is 1.12. The molecule has 0 N–H and O–H groups in total. The Hall–Kier alpha value is -6.43. The lowest BCUT2D eigenvalue weighted by Crippen LogP contribution is -2.01. The molecule has 10 rings (SSSR count). The highest BCUT2D eigenvalue weighted by Gasteiger charge is 2.18. The molecular formula is C49H36N4S. The van der Waals surface area contributed by atoms with Gasteiger partial charge in [-0.05, 0) is 65.9 Å². The van der Waals surface area contributed by atoms with Crippen LogP contribution >= 0.6 is 11.3 Å². The predicted octanol–water partition coefficient (Wildman–Crippen LogP) is 13.3. The quantitative estimate of drug-likeness (QED) is 0.158. The van der Waals surface area contributed by atoms with Crippen LogP contribution in [0.15, 0.2) is 164 Å². The van der Waals surface area contributed by atoms with Gasteiger partial charge in [0.15, 0.2) is 17.5 Å². The molecule has 0 aliphatic rings. The van der Waals surface area contributed by atoms with Crippen LogP contribution in [0.25, 0.3) is 93.0 Å². The summed E-state index contributed by atoms with van der Waals surface area (Å²) in [4.78, 5) is 15.3. The lowest BCUT2D eigenvalue weighted by atomic mass is 10.0. The summed E-state index contributed by atoms with van der Waals surface area (Å²) < 4.78 is 4.98. The van der Waals surface area contributed by atoms with Gasteiger partial charge in [-0.25, -0.2) is 15.0 Å². The fourth-order valence-electron chi connectivity index (χ4n) is 7.66. The molecule has 3 heterocycles. The van der Waals surface area contributed by atoms with E-state index in [1.807, 2.05) is 17.4 Å². The third-order valence-electron chi connectivity index (χ3n) is 10.5. The molecule has 0 aliphatic carbocycles. The third kappa shape index (κ3) is 5.74. The fraction of sp³-hybridized carbons (Fsp3) is 0.0816. The smallest absolute Gasteiger partial charge is 0.164 e. The molecule has 0 atom stereocenters. The summed E-state index contributed by atoms with van der Waals surface area (Å²) >= 11 is 1.85. The standard InChI is InChI=1S/C49H36N4S/c1-2-3-12-32-21-23-35(24-22-32)47-50-48(36-27-25-34(26-28-36)33-13-5-4-6-14-33)52-49(51-47)37-15-11-16-38(29-37)53-43-19-9-7-17-39(43)41-30-42-40-18-8-10-20-45(40)54-46(42)31-44(41)53/h4-11,13-31H,2-3,12H2,1H3. The Morgan fingerprint density at radius 2 is 1.06 bits per heavy atom. The molecule has 0 fully saturated rings. The number of fused-ring (bicyclic) bond motifs is 6. The highest BCUT2D eigenvalue weighted by molar-refractivity contribution is 7.25. The van der Waals surface area contributed by atoms with Crippen LogP contribution in [-0.4, -0.2) is 19.5 Å². The zero-order valence-corrected chi connectivity index (χ0v) is 30.7. The zero-order valence-electron chi connectivity index (χ0n) is 29.9. The summed E-state index contributed by atoms with van der Waals surface area (Å²) in [5, 5.41) is 5.10. The van der Waals surface area contributed by atoms with Crippen LogP contribution in [0, 0.1) is 0 Å². The maximum Gasteiger partial charge on any atom is 0.164 e. The van der Waals surface area contributed by atoms with Gasteiger partial charge in [0, 0.05) is 53.3 Å². The first kappa shape index (κ1) is 32.2. The molecule has 7 aromatic carbocycles. The normalized spacial score (nSPS) is 11.6. The molecular weight excluding hydrogens is 677 g/mol. The molecule has 0 spiro atoms. The second-order valence-corrected chi connectivity index (χ2v) is 15.0. The molecule has 0 radical (unpaired) electrons. The molecule has 0 bridgehead atoms. The summed E-state index contributed by atoms with van der Waals surface area (Å²) in [5.41, 5.74) is 9.95. The number of rotatable bonds is 8. The van der Waals surface area contributed by atoms with E-state index in [9.17, 15) is 0 Å². The maximum absolute atomic E-state index is 5.14. The number of nitrogens with zero attached hydrogens (tertiary/aromatic N) is 4. The van der Waals surface area contributed by atoms with Crippen molar-refractivity contribution in [3.05, 3.63) is 169 Å². The molecule has 258 valence electrons. The first-order valence-electron chi connectivity index (χ1n) is 18.7. The molecule has 4 nitrogen and oxygen atoms in total. The largest absolute Gasteiger partial charge is 0.309 e. The van der Waals surface area contributed by atoms with Crippen molar-refractivity contribution in [3.8, 4) is 51.0 Å². The molecule has 0 saturated heterocycles. The van der Waals surface area contributed by atoms with Crippen LogP contribution in [0.3, 0.4) is 0 Å². The SMILES string of the molecule is CCCCc1ccc(-c2nc(-c3ccc(-c4ccccc4)cc3)nc(-c3cccc(-n4c5ccccc5c5cc6c(cc54)sc4ccccc46)c3)n2)cc1. The van der Waals surface area contributed by atoms with Crippen LogP contribution in [0.5, 0.6) is 0 Å². The Labute approximate surface area is 318 Å². The fourth-order valence-corrected chi connectivity index (χ4v) is 8.78. The van der Waals surface area contributed by atoms with E-state index in [1.54, 1.807) is 0 Å². The van der Waals surface area contributed by atoms with Gasteiger partial charge in [-0.2, -0.15) is 0 Å². The Kier molecular flexibility index (Phi) is 8.07. The summed E-state index contributed by atoms with van der Waals surface area (Å²) in [6, 6.07) is 58.5. The minimum Gasteiger partial charge on any atom is -0.309 e. The summed E-state index contributed by atoms with van der Waals surface area (Å²) in [6.07, 6.45) is 3.42. The monoisotopic (exact) mass is 712 g/mol. The van der Waals surface area contributed by atoms with Gasteiger partial charge in [-0.3, -0.25) is 0 Å². The van der Waals surface area contributed by atoms with Gasteiger partial charge in [0.2, 0.25) is 0 Å². The van der Waals surface area contributed by atoms with E-state index in [1.165, 1.54) is 65.9 Å². The van der Waals surface area contributed by atoms with E-state index in [0.29, 0.717) is 17.5 Å². The van der Waals surface area contributed by atoms with Gasteiger partial charge in [0.05, 0.1) is 11.0 Å². The van der Waals surface area contributed by atoms with Crippen LogP contribution in [-0.2, 0) is 6.42 Å². The molecule has 3 aromatic heterocycles. The topological polar surface area (TPSA) is 43.6 Å². The first-order valence-corrected chi connectivity index (χ1v) is 19.5. The van der Waals surface area contributed by atoms with Gasteiger partial charge in [-0.15, -0.1) is 11.3 Å². The molecule has 54 heavy (non-hydrogen) atoms. The van der Waals surface area contributed by atoms with Crippen LogP contribution < -0.4 is 0 Å². The van der Waals surface area contributed by atoms with Crippen LogP contribution in [0.1, 0.15) is 25.3 Å². The molecule has 5 heteroatoms. The molecule has 0 aliphatic heterocycles. The third-order valence-corrected chi connectivity index (χ3v) is 11.6. The minimum absolute atomic E-state index is 0.645. The number of para-hydroxylation sites is 1. The van der Waals surface area contributed by atoms with Gasteiger partial charge < -0.3 is 4.57 Å². The number of hydrogen-bond donors (Lipinski definition) is 0. The Morgan fingerprint density at radius 1 is 0.444 bits per heavy atom. The van der Waals surface area contributed by atoms with Crippen LogP contribution in [0.2, 0.25) is 0 Å². The van der Waals surface area contributed by atoms with Gasteiger partial charge in [-0.1, -0.05) is 141 Å².